The number of rotatable bonds is 5. The number of methoxy groups -OCH3 is 2. The lowest BCUT2D eigenvalue weighted by Gasteiger charge is -2.05. The third kappa shape index (κ3) is 3.42. The van der Waals surface area contributed by atoms with Crippen molar-refractivity contribution in [2.75, 3.05) is 19.5 Å². The van der Waals surface area contributed by atoms with E-state index in [0.29, 0.717) is 22.2 Å². The lowest BCUT2D eigenvalue weighted by Crippen LogP contribution is -2.11. The number of hydrogen-bond donors (Lipinski definition) is 1. The van der Waals surface area contributed by atoms with Crippen molar-refractivity contribution in [1.82, 2.24) is 4.98 Å². The maximum atomic E-state index is 12.6. The second kappa shape index (κ2) is 7.70. The van der Waals surface area contributed by atoms with Crippen molar-refractivity contribution in [2.24, 2.45) is 0 Å². The summed E-state index contributed by atoms with van der Waals surface area (Å²) >= 11 is 1.43. The van der Waals surface area contributed by atoms with Crippen LogP contribution in [0.4, 0.5) is 5.13 Å². The van der Waals surface area contributed by atoms with E-state index >= 15 is 0 Å². The fraction of sp³-hybridized carbons (Fsp3) is 0.0909. The minimum atomic E-state index is -0.238. The number of benzene rings is 3. The van der Waals surface area contributed by atoms with Crippen molar-refractivity contribution in [3.63, 3.8) is 0 Å². The Morgan fingerprint density at radius 2 is 1.79 bits per heavy atom. The Hall–Kier alpha value is -3.38. The van der Waals surface area contributed by atoms with E-state index in [-0.39, 0.29) is 5.91 Å². The highest BCUT2D eigenvalue weighted by molar-refractivity contribution is 7.23. The lowest BCUT2D eigenvalue weighted by molar-refractivity contribution is 0.102. The molecule has 140 valence electrons. The standard InChI is InChI=1S/C22H18N2O3S/c1-26-16-10-6-9-15(13-16)21(25)24-22-23-19-18(27-2)12-11-17(20(19)28-22)14-7-4-3-5-8-14/h3-13H,1-2H3,(H,23,24,25). The van der Waals surface area contributed by atoms with Gasteiger partial charge in [-0.2, -0.15) is 0 Å². The molecule has 5 nitrogen and oxygen atoms in total. The molecule has 0 unspecified atom stereocenters. The van der Waals surface area contributed by atoms with E-state index in [2.05, 4.69) is 22.4 Å². The molecule has 1 aromatic heterocycles. The molecule has 0 fully saturated rings. The van der Waals surface area contributed by atoms with Crippen LogP contribution in [0.1, 0.15) is 10.4 Å². The molecule has 0 bridgehead atoms. The van der Waals surface area contributed by atoms with Gasteiger partial charge in [-0.25, -0.2) is 4.98 Å². The van der Waals surface area contributed by atoms with E-state index in [9.17, 15) is 4.79 Å². The molecule has 1 amide bonds. The Morgan fingerprint density at radius 3 is 2.54 bits per heavy atom. The predicted molar refractivity (Wildman–Crippen MR) is 113 cm³/mol. The van der Waals surface area contributed by atoms with Crippen LogP contribution in [-0.2, 0) is 0 Å². The number of carbonyl (C=O) groups excluding carboxylic acids is 1. The highest BCUT2D eigenvalue weighted by Gasteiger charge is 2.16. The summed E-state index contributed by atoms with van der Waals surface area (Å²) in [5, 5.41) is 3.40. The summed E-state index contributed by atoms with van der Waals surface area (Å²) in [5.74, 6) is 1.07. The van der Waals surface area contributed by atoms with Gasteiger partial charge in [0.15, 0.2) is 5.13 Å². The van der Waals surface area contributed by atoms with Gasteiger partial charge in [-0.15, -0.1) is 0 Å². The highest BCUT2D eigenvalue weighted by atomic mass is 32.1. The van der Waals surface area contributed by atoms with Gasteiger partial charge < -0.3 is 9.47 Å². The van der Waals surface area contributed by atoms with Crippen molar-refractivity contribution in [3.05, 3.63) is 72.3 Å². The molecule has 4 rings (SSSR count). The fourth-order valence-corrected chi connectivity index (χ4v) is 3.99. The monoisotopic (exact) mass is 390 g/mol. The number of thiazole rings is 1. The SMILES string of the molecule is COc1cccc(C(=O)Nc2nc3c(OC)ccc(-c4ccccc4)c3s2)c1. The van der Waals surface area contributed by atoms with Gasteiger partial charge in [0.1, 0.15) is 17.0 Å². The van der Waals surface area contributed by atoms with Crippen LogP contribution < -0.4 is 14.8 Å². The Labute approximate surface area is 166 Å². The van der Waals surface area contributed by atoms with Crippen LogP contribution in [0.3, 0.4) is 0 Å². The molecule has 0 saturated carbocycles. The van der Waals surface area contributed by atoms with Crippen LogP contribution in [0.5, 0.6) is 11.5 Å². The average Bonchev–Trinajstić information content (AvgIpc) is 3.17. The number of hydrogen-bond acceptors (Lipinski definition) is 5. The number of nitrogens with zero attached hydrogens (tertiary/aromatic N) is 1. The molecular weight excluding hydrogens is 372 g/mol. The number of anilines is 1. The second-order valence-corrected chi connectivity index (χ2v) is 7.06. The van der Waals surface area contributed by atoms with Crippen molar-refractivity contribution in [3.8, 4) is 22.6 Å². The summed E-state index contributed by atoms with van der Waals surface area (Å²) in [6, 6.07) is 21.0. The summed E-state index contributed by atoms with van der Waals surface area (Å²) in [4.78, 5) is 17.2. The Morgan fingerprint density at radius 1 is 0.964 bits per heavy atom. The van der Waals surface area contributed by atoms with E-state index in [1.165, 1.54) is 11.3 Å². The molecule has 0 atom stereocenters. The lowest BCUT2D eigenvalue weighted by atomic mass is 10.1. The molecule has 0 aliphatic carbocycles. The molecular formula is C22H18N2O3S. The highest BCUT2D eigenvalue weighted by Crippen LogP contribution is 2.39. The first-order chi connectivity index (χ1) is 13.7. The summed E-state index contributed by atoms with van der Waals surface area (Å²) in [6.07, 6.45) is 0. The Kier molecular flexibility index (Phi) is 4.95. The number of carbonyl (C=O) groups is 1. The average molecular weight is 390 g/mol. The Balaban J connectivity index is 1.73. The van der Waals surface area contributed by atoms with Gasteiger partial charge in [-0.05, 0) is 35.9 Å². The van der Waals surface area contributed by atoms with E-state index in [0.717, 1.165) is 21.3 Å². The molecule has 1 N–H and O–H groups in total. The zero-order valence-electron chi connectivity index (χ0n) is 15.4. The van der Waals surface area contributed by atoms with Gasteiger partial charge in [0.25, 0.3) is 5.91 Å². The fourth-order valence-electron chi connectivity index (χ4n) is 2.98. The minimum Gasteiger partial charge on any atom is -0.497 e. The van der Waals surface area contributed by atoms with E-state index in [1.807, 2.05) is 30.3 Å². The Bertz CT molecular complexity index is 1140. The number of amides is 1. The van der Waals surface area contributed by atoms with E-state index < -0.39 is 0 Å². The molecule has 0 saturated heterocycles. The first-order valence-corrected chi connectivity index (χ1v) is 9.49. The van der Waals surface area contributed by atoms with Crippen molar-refractivity contribution in [1.29, 1.82) is 0 Å². The second-order valence-electron chi connectivity index (χ2n) is 6.06. The summed E-state index contributed by atoms with van der Waals surface area (Å²) in [5.41, 5.74) is 3.38. The third-order valence-corrected chi connectivity index (χ3v) is 5.37. The van der Waals surface area contributed by atoms with Crippen molar-refractivity contribution in [2.45, 2.75) is 0 Å². The smallest absolute Gasteiger partial charge is 0.257 e. The first kappa shape index (κ1) is 18.0. The predicted octanol–water partition coefficient (Wildman–Crippen LogP) is 5.23. The molecule has 28 heavy (non-hydrogen) atoms. The molecule has 6 heteroatoms. The molecule has 1 heterocycles. The molecule has 0 spiro atoms. The number of fused-ring (bicyclic) bond motifs is 1. The number of aromatic nitrogens is 1. The number of ether oxygens (including phenoxy) is 2. The zero-order valence-corrected chi connectivity index (χ0v) is 16.2. The summed E-state index contributed by atoms with van der Waals surface area (Å²) < 4.78 is 11.6. The van der Waals surface area contributed by atoms with Gasteiger partial charge in [-0.1, -0.05) is 47.7 Å². The zero-order chi connectivity index (χ0) is 19.5. The van der Waals surface area contributed by atoms with Gasteiger partial charge in [-0.3, -0.25) is 10.1 Å². The molecule has 0 radical (unpaired) electrons. The van der Waals surface area contributed by atoms with Crippen LogP contribution in [0, 0.1) is 0 Å². The maximum Gasteiger partial charge on any atom is 0.257 e. The molecule has 3 aromatic carbocycles. The maximum absolute atomic E-state index is 12.6. The molecule has 4 aromatic rings. The van der Waals surface area contributed by atoms with E-state index in [4.69, 9.17) is 9.47 Å². The van der Waals surface area contributed by atoms with Gasteiger partial charge in [0, 0.05) is 11.1 Å². The van der Waals surface area contributed by atoms with Gasteiger partial charge in [0.05, 0.1) is 18.9 Å². The molecule has 0 aliphatic heterocycles. The van der Waals surface area contributed by atoms with Gasteiger partial charge >= 0.3 is 0 Å². The molecule has 0 aliphatic rings. The van der Waals surface area contributed by atoms with Crippen molar-refractivity contribution >= 4 is 32.6 Å². The van der Waals surface area contributed by atoms with Gasteiger partial charge in [0.2, 0.25) is 0 Å². The minimum absolute atomic E-state index is 0.238. The van der Waals surface area contributed by atoms with Crippen LogP contribution in [0.25, 0.3) is 21.3 Å². The van der Waals surface area contributed by atoms with E-state index in [1.54, 1.807) is 38.5 Å². The van der Waals surface area contributed by atoms with Crippen LogP contribution >= 0.6 is 11.3 Å². The largest absolute Gasteiger partial charge is 0.497 e. The quantitative estimate of drug-likeness (QED) is 0.507. The van der Waals surface area contributed by atoms with Crippen LogP contribution in [0.2, 0.25) is 0 Å². The normalized spacial score (nSPS) is 10.6. The topological polar surface area (TPSA) is 60.5 Å². The summed E-state index contributed by atoms with van der Waals surface area (Å²) in [6.45, 7) is 0. The van der Waals surface area contributed by atoms with Crippen LogP contribution in [-0.4, -0.2) is 25.1 Å². The third-order valence-electron chi connectivity index (χ3n) is 4.36. The van der Waals surface area contributed by atoms with Crippen molar-refractivity contribution < 1.29 is 14.3 Å². The first-order valence-electron chi connectivity index (χ1n) is 8.68. The summed E-state index contributed by atoms with van der Waals surface area (Å²) in [7, 11) is 3.19. The number of nitrogens with one attached hydrogen (secondary N) is 1. The van der Waals surface area contributed by atoms with Crippen LogP contribution in [0.15, 0.2) is 66.7 Å².